The van der Waals surface area contributed by atoms with Gasteiger partial charge in [0.25, 0.3) is 0 Å². The van der Waals surface area contributed by atoms with Crippen LogP contribution in [0.2, 0.25) is 0 Å². The van der Waals surface area contributed by atoms with Gasteiger partial charge < -0.3 is 10.6 Å². The predicted octanol–water partition coefficient (Wildman–Crippen LogP) is 3.54. The van der Waals surface area contributed by atoms with Crippen LogP contribution in [0.5, 0.6) is 0 Å². The van der Waals surface area contributed by atoms with Crippen LogP contribution in [0.4, 0.5) is 10.1 Å². The highest BCUT2D eigenvalue weighted by Crippen LogP contribution is 2.27. The van der Waals surface area contributed by atoms with E-state index < -0.39 is 0 Å². The van der Waals surface area contributed by atoms with E-state index in [1.165, 1.54) is 11.6 Å². The van der Waals surface area contributed by atoms with Crippen molar-refractivity contribution in [3.63, 3.8) is 0 Å². The maximum atomic E-state index is 13.6. The number of ketones is 1. The third-order valence-corrected chi connectivity index (χ3v) is 4.27. The topological polar surface area (TPSA) is 41.1 Å². The molecule has 0 saturated carbocycles. The molecule has 4 heteroatoms. The number of rotatable bonds is 5. The van der Waals surface area contributed by atoms with Crippen LogP contribution < -0.4 is 10.6 Å². The summed E-state index contributed by atoms with van der Waals surface area (Å²) in [7, 11) is 0. The number of hydrogen-bond acceptors (Lipinski definition) is 3. The molecular formula is C19H21FN2O. The van der Waals surface area contributed by atoms with Crippen LogP contribution >= 0.6 is 0 Å². The Kier molecular flexibility index (Phi) is 4.44. The fourth-order valence-corrected chi connectivity index (χ4v) is 2.95. The fraction of sp³-hybridized carbons (Fsp3) is 0.316. The van der Waals surface area contributed by atoms with E-state index in [1.807, 2.05) is 25.1 Å². The van der Waals surface area contributed by atoms with E-state index in [0.29, 0.717) is 23.7 Å². The molecule has 3 rings (SSSR count). The minimum absolute atomic E-state index is 0.0312. The number of Topliss-reactive ketones (excluding diaryl/α,β-unsaturated/α-hetero) is 1. The monoisotopic (exact) mass is 312 g/mol. The zero-order valence-electron chi connectivity index (χ0n) is 13.4. The first-order valence-corrected chi connectivity index (χ1v) is 7.95. The Morgan fingerprint density at radius 1 is 1.35 bits per heavy atom. The number of fused-ring (bicyclic) bond motifs is 1. The molecule has 0 saturated heterocycles. The van der Waals surface area contributed by atoms with E-state index in [9.17, 15) is 9.18 Å². The van der Waals surface area contributed by atoms with Crippen molar-refractivity contribution >= 4 is 11.5 Å². The lowest BCUT2D eigenvalue weighted by atomic mass is 10.0. The first-order chi connectivity index (χ1) is 11.0. The van der Waals surface area contributed by atoms with Crippen molar-refractivity contribution in [1.29, 1.82) is 0 Å². The Bertz CT molecular complexity index is 729. The fourth-order valence-electron chi connectivity index (χ4n) is 2.95. The normalized spacial score (nSPS) is 17.4. The van der Waals surface area contributed by atoms with Crippen molar-refractivity contribution in [3.8, 4) is 0 Å². The molecule has 0 aromatic heterocycles. The summed E-state index contributed by atoms with van der Waals surface area (Å²) in [5.74, 6) is -0.221. The van der Waals surface area contributed by atoms with Crippen molar-refractivity contribution in [3.05, 3.63) is 65.0 Å². The average molecular weight is 312 g/mol. The molecule has 2 N–H and O–H groups in total. The third kappa shape index (κ3) is 3.42. The SMILES string of the molecule is CC1Cc2cc(C(=O)C(C)NCc3ccccc3F)ccc2N1. The second kappa shape index (κ2) is 6.50. The van der Waals surface area contributed by atoms with Gasteiger partial charge >= 0.3 is 0 Å². The Labute approximate surface area is 135 Å². The molecule has 3 nitrogen and oxygen atoms in total. The highest BCUT2D eigenvalue weighted by atomic mass is 19.1. The maximum absolute atomic E-state index is 13.6. The molecule has 0 spiro atoms. The Morgan fingerprint density at radius 3 is 2.91 bits per heavy atom. The maximum Gasteiger partial charge on any atom is 0.179 e. The lowest BCUT2D eigenvalue weighted by Crippen LogP contribution is -2.33. The van der Waals surface area contributed by atoms with Crippen LogP contribution in [0, 0.1) is 5.82 Å². The van der Waals surface area contributed by atoms with Gasteiger partial charge in [-0.15, -0.1) is 0 Å². The van der Waals surface area contributed by atoms with Gasteiger partial charge in [0.05, 0.1) is 6.04 Å². The molecule has 1 aliphatic rings. The first kappa shape index (κ1) is 15.7. The van der Waals surface area contributed by atoms with Gasteiger partial charge in [-0.2, -0.15) is 0 Å². The summed E-state index contributed by atoms with van der Waals surface area (Å²) in [4.78, 5) is 12.6. The van der Waals surface area contributed by atoms with Crippen molar-refractivity contribution in [2.24, 2.45) is 0 Å². The number of nitrogens with one attached hydrogen (secondary N) is 2. The predicted molar refractivity (Wildman–Crippen MR) is 90.3 cm³/mol. The molecule has 2 aromatic rings. The number of halogens is 1. The van der Waals surface area contributed by atoms with Gasteiger partial charge in [-0.25, -0.2) is 4.39 Å². The minimum Gasteiger partial charge on any atom is -0.382 e. The standard InChI is InChI=1S/C19H21FN2O/c1-12-9-16-10-14(7-8-18(16)22-12)19(23)13(2)21-11-15-5-3-4-6-17(15)20/h3-8,10,12-13,21-22H,9,11H2,1-2H3. The lowest BCUT2D eigenvalue weighted by molar-refractivity contribution is 0.0950. The van der Waals surface area contributed by atoms with Crippen molar-refractivity contribution < 1.29 is 9.18 Å². The molecule has 0 amide bonds. The van der Waals surface area contributed by atoms with Crippen LogP contribution in [0.3, 0.4) is 0 Å². The first-order valence-electron chi connectivity index (χ1n) is 7.95. The molecular weight excluding hydrogens is 291 g/mol. The summed E-state index contributed by atoms with van der Waals surface area (Å²) in [5.41, 5.74) is 3.57. The van der Waals surface area contributed by atoms with Gasteiger partial charge in [-0.1, -0.05) is 18.2 Å². The van der Waals surface area contributed by atoms with Crippen molar-refractivity contribution in [2.75, 3.05) is 5.32 Å². The summed E-state index contributed by atoms with van der Waals surface area (Å²) < 4.78 is 13.6. The summed E-state index contributed by atoms with van der Waals surface area (Å²) >= 11 is 0. The zero-order valence-corrected chi connectivity index (χ0v) is 13.4. The molecule has 0 bridgehead atoms. The van der Waals surface area contributed by atoms with E-state index in [0.717, 1.165) is 12.1 Å². The number of carbonyl (C=O) groups excluding carboxylic acids is 1. The van der Waals surface area contributed by atoms with E-state index >= 15 is 0 Å². The Balaban J connectivity index is 1.66. The summed E-state index contributed by atoms with van der Waals surface area (Å²) in [6, 6.07) is 12.4. The van der Waals surface area contributed by atoms with Crippen molar-refractivity contribution in [2.45, 2.75) is 38.9 Å². The van der Waals surface area contributed by atoms with Crippen LogP contribution in [-0.4, -0.2) is 17.9 Å². The van der Waals surface area contributed by atoms with E-state index in [4.69, 9.17) is 0 Å². The average Bonchev–Trinajstić information content (AvgIpc) is 2.92. The van der Waals surface area contributed by atoms with Gasteiger partial charge in [0.2, 0.25) is 0 Å². The molecule has 0 radical (unpaired) electrons. The second-order valence-electron chi connectivity index (χ2n) is 6.18. The number of benzene rings is 2. The third-order valence-electron chi connectivity index (χ3n) is 4.27. The van der Waals surface area contributed by atoms with Gasteiger partial charge in [-0.05, 0) is 50.1 Å². The molecule has 120 valence electrons. The summed E-state index contributed by atoms with van der Waals surface area (Å²) in [6.45, 7) is 4.28. The Hall–Kier alpha value is -2.20. The van der Waals surface area contributed by atoms with E-state index in [2.05, 4.69) is 17.6 Å². The van der Waals surface area contributed by atoms with Crippen LogP contribution in [0.1, 0.15) is 35.3 Å². The lowest BCUT2D eigenvalue weighted by Gasteiger charge is -2.14. The van der Waals surface area contributed by atoms with Crippen molar-refractivity contribution in [1.82, 2.24) is 5.32 Å². The van der Waals surface area contributed by atoms with Crippen LogP contribution in [-0.2, 0) is 13.0 Å². The molecule has 23 heavy (non-hydrogen) atoms. The molecule has 2 atom stereocenters. The van der Waals surface area contributed by atoms with Gasteiger partial charge in [0, 0.05) is 29.4 Å². The molecule has 2 aromatic carbocycles. The van der Waals surface area contributed by atoms with Crippen LogP contribution in [0.15, 0.2) is 42.5 Å². The van der Waals surface area contributed by atoms with E-state index in [-0.39, 0.29) is 17.6 Å². The Morgan fingerprint density at radius 2 is 2.13 bits per heavy atom. The number of hydrogen-bond donors (Lipinski definition) is 2. The number of carbonyl (C=O) groups is 1. The number of anilines is 1. The summed E-state index contributed by atoms with van der Waals surface area (Å²) in [5, 5.41) is 6.49. The van der Waals surface area contributed by atoms with Gasteiger partial charge in [0.1, 0.15) is 5.82 Å². The smallest absolute Gasteiger partial charge is 0.179 e. The highest BCUT2D eigenvalue weighted by Gasteiger charge is 2.20. The van der Waals surface area contributed by atoms with Gasteiger partial charge in [0.15, 0.2) is 5.78 Å². The quantitative estimate of drug-likeness (QED) is 0.830. The minimum atomic E-state index is -0.362. The van der Waals surface area contributed by atoms with Gasteiger partial charge in [-0.3, -0.25) is 4.79 Å². The molecule has 0 aliphatic carbocycles. The van der Waals surface area contributed by atoms with Crippen LogP contribution in [0.25, 0.3) is 0 Å². The molecule has 2 unspecified atom stereocenters. The summed E-state index contributed by atoms with van der Waals surface area (Å²) in [6.07, 6.45) is 0.938. The van der Waals surface area contributed by atoms with E-state index in [1.54, 1.807) is 18.2 Å². The molecule has 1 heterocycles. The highest BCUT2D eigenvalue weighted by molar-refractivity contribution is 6.00. The molecule has 1 aliphatic heterocycles. The largest absolute Gasteiger partial charge is 0.382 e. The second-order valence-corrected chi connectivity index (χ2v) is 6.18. The molecule has 0 fully saturated rings. The zero-order chi connectivity index (χ0) is 16.4.